The number of nitrogens with zero attached hydrogens (tertiary/aromatic N) is 3. The Bertz CT molecular complexity index is 691. The number of aromatic nitrogens is 3. The highest BCUT2D eigenvalue weighted by Crippen LogP contribution is 2.28. The highest BCUT2D eigenvalue weighted by molar-refractivity contribution is 6.42. The predicted octanol–water partition coefficient (Wildman–Crippen LogP) is 3.70. The molecule has 2 heterocycles. The van der Waals surface area contributed by atoms with E-state index in [1.54, 1.807) is 30.7 Å². The Morgan fingerprint density at radius 2 is 1.94 bits per heavy atom. The summed E-state index contributed by atoms with van der Waals surface area (Å²) in [7, 11) is 0. The Morgan fingerprint density at radius 3 is 2.76 bits per heavy atom. The Balaban J connectivity index is 2.24. The van der Waals surface area contributed by atoms with Crippen LogP contribution in [0.5, 0.6) is 0 Å². The summed E-state index contributed by atoms with van der Waals surface area (Å²) in [5, 5.41) is 1.06. The lowest BCUT2D eigenvalue weighted by Gasteiger charge is -2.02. The van der Waals surface area contributed by atoms with Gasteiger partial charge in [-0.25, -0.2) is 4.98 Å². The molecule has 0 spiro atoms. The molecule has 2 aromatic heterocycles. The first-order valence-corrected chi connectivity index (χ1v) is 5.74. The van der Waals surface area contributed by atoms with Crippen molar-refractivity contribution in [2.75, 3.05) is 0 Å². The van der Waals surface area contributed by atoms with E-state index in [4.69, 9.17) is 23.2 Å². The summed E-state index contributed by atoms with van der Waals surface area (Å²) < 4.78 is 1.95. The highest BCUT2D eigenvalue weighted by atomic mass is 35.5. The van der Waals surface area contributed by atoms with Crippen LogP contribution in [-0.4, -0.2) is 14.4 Å². The molecule has 0 N–H and O–H groups in total. The van der Waals surface area contributed by atoms with E-state index in [9.17, 15) is 0 Å². The molecular formula is C12H7Cl2N3. The van der Waals surface area contributed by atoms with E-state index >= 15 is 0 Å². The third-order valence-electron chi connectivity index (χ3n) is 2.51. The maximum atomic E-state index is 6.00. The fraction of sp³-hybridized carbons (Fsp3) is 0. The van der Waals surface area contributed by atoms with Crippen LogP contribution >= 0.6 is 23.2 Å². The topological polar surface area (TPSA) is 30.2 Å². The molecule has 84 valence electrons. The number of hydrogen-bond acceptors (Lipinski definition) is 2. The second kappa shape index (κ2) is 4.02. The lowest BCUT2D eigenvalue weighted by molar-refractivity contribution is 1.12. The Morgan fingerprint density at radius 1 is 1.06 bits per heavy atom. The van der Waals surface area contributed by atoms with Crippen molar-refractivity contribution in [3.8, 4) is 11.4 Å². The SMILES string of the molecule is Clc1ccc(-c2ncc3cnccn23)cc1Cl. The zero-order valence-corrected chi connectivity index (χ0v) is 10.2. The number of benzene rings is 1. The normalized spacial score (nSPS) is 10.9. The van der Waals surface area contributed by atoms with Crippen molar-refractivity contribution in [2.24, 2.45) is 0 Å². The van der Waals surface area contributed by atoms with Crippen LogP contribution in [0.25, 0.3) is 16.9 Å². The van der Waals surface area contributed by atoms with Crippen molar-refractivity contribution in [3.05, 3.63) is 53.0 Å². The Labute approximate surface area is 108 Å². The summed E-state index contributed by atoms with van der Waals surface area (Å²) in [5.41, 5.74) is 1.86. The third kappa shape index (κ3) is 1.77. The molecule has 0 aliphatic carbocycles. The van der Waals surface area contributed by atoms with E-state index in [2.05, 4.69) is 9.97 Å². The van der Waals surface area contributed by atoms with Crippen LogP contribution < -0.4 is 0 Å². The van der Waals surface area contributed by atoms with Crippen molar-refractivity contribution >= 4 is 28.7 Å². The summed E-state index contributed by atoms with van der Waals surface area (Å²) in [6, 6.07) is 5.46. The zero-order chi connectivity index (χ0) is 11.8. The van der Waals surface area contributed by atoms with Crippen molar-refractivity contribution < 1.29 is 0 Å². The molecule has 0 aliphatic rings. The van der Waals surface area contributed by atoms with E-state index in [1.165, 1.54) is 0 Å². The van der Waals surface area contributed by atoms with Crippen LogP contribution in [0.3, 0.4) is 0 Å². The third-order valence-corrected chi connectivity index (χ3v) is 3.25. The lowest BCUT2D eigenvalue weighted by Crippen LogP contribution is -1.89. The van der Waals surface area contributed by atoms with Gasteiger partial charge in [0.05, 0.1) is 28.0 Å². The minimum Gasteiger partial charge on any atom is -0.297 e. The largest absolute Gasteiger partial charge is 0.297 e. The van der Waals surface area contributed by atoms with Gasteiger partial charge in [0.1, 0.15) is 5.82 Å². The first-order valence-electron chi connectivity index (χ1n) is 4.98. The number of hydrogen-bond donors (Lipinski definition) is 0. The standard InChI is InChI=1S/C12H7Cl2N3/c13-10-2-1-8(5-11(10)14)12-16-7-9-6-15-3-4-17(9)12/h1-7H. The van der Waals surface area contributed by atoms with Crippen LogP contribution in [0.4, 0.5) is 0 Å². The van der Waals surface area contributed by atoms with Gasteiger partial charge in [-0.1, -0.05) is 23.2 Å². The molecule has 0 saturated carbocycles. The van der Waals surface area contributed by atoms with Gasteiger partial charge < -0.3 is 0 Å². The van der Waals surface area contributed by atoms with Gasteiger partial charge in [0.25, 0.3) is 0 Å². The van der Waals surface area contributed by atoms with Gasteiger partial charge in [-0.2, -0.15) is 0 Å². The van der Waals surface area contributed by atoms with Crippen molar-refractivity contribution in [1.82, 2.24) is 14.4 Å². The monoisotopic (exact) mass is 263 g/mol. The molecule has 0 unspecified atom stereocenters. The smallest absolute Gasteiger partial charge is 0.144 e. The number of halogens is 2. The predicted molar refractivity (Wildman–Crippen MR) is 68.4 cm³/mol. The number of imidazole rings is 1. The summed E-state index contributed by atoms with van der Waals surface area (Å²) >= 11 is 11.9. The van der Waals surface area contributed by atoms with Crippen molar-refractivity contribution in [2.45, 2.75) is 0 Å². The number of fused-ring (bicyclic) bond motifs is 1. The van der Waals surface area contributed by atoms with E-state index in [0.29, 0.717) is 10.0 Å². The molecule has 0 amide bonds. The van der Waals surface area contributed by atoms with E-state index < -0.39 is 0 Å². The number of rotatable bonds is 1. The van der Waals surface area contributed by atoms with Gasteiger partial charge in [-0.15, -0.1) is 0 Å². The van der Waals surface area contributed by atoms with Gasteiger partial charge in [0.15, 0.2) is 0 Å². The van der Waals surface area contributed by atoms with Crippen molar-refractivity contribution in [1.29, 1.82) is 0 Å². The fourth-order valence-corrected chi connectivity index (χ4v) is 2.00. The molecule has 3 nitrogen and oxygen atoms in total. The van der Waals surface area contributed by atoms with E-state index in [0.717, 1.165) is 16.9 Å². The quantitative estimate of drug-likeness (QED) is 0.670. The van der Waals surface area contributed by atoms with Gasteiger partial charge in [-0.3, -0.25) is 9.38 Å². The molecule has 1 aromatic carbocycles. The van der Waals surface area contributed by atoms with Gasteiger partial charge in [-0.05, 0) is 18.2 Å². The molecule has 0 atom stereocenters. The molecule has 17 heavy (non-hydrogen) atoms. The second-order valence-electron chi connectivity index (χ2n) is 3.58. The molecule has 0 bridgehead atoms. The molecule has 0 radical (unpaired) electrons. The van der Waals surface area contributed by atoms with Crippen LogP contribution in [0.15, 0.2) is 43.0 Å². The first-order chi connectivity index (χ1) is 8.25. The fourth-order valence-electron chi connectivity index (χ4n) is 1.70. The Kier molecular flexibility index (Phi) is 2.50. The van der Waals surface area contributed by atoms with E-state index in [1.807, 2.05) is 16.7 Å². The Hall–Kier alpha value is -1.58. The van der Waals surface area contributed by atoms with Gasteiger partial charge in [0, 0.05) is 18.0 Å². The first kappa shape index (κ1) is 10.6. The molecule has 0 aliphatic heterocycles. The van der Waals surface area contributed by atoms with Gasteiger partial charge in [0.2, 0.25) is 0 Å². The maximum absolute atomic E-state index is 6.00. The van der Waals surface area contributed by atoms with Crippen LogP contribution in [-0.2, 0) is 0 Å². The second-order valence-corrected chi connectivity index (χ2v) is 4.40. The van der Waals surface area contributed by atoms with E-state index in [-0.39, 0.29) is 0 Å². The molecule has 3 rings (SSSR count). The maximum Gasteiger partial charge on any atom is 0.144 e. The molecule has 5 heteroatoms. The average molecular weight is 264 g/mol. The summed E-state index contributed by atoms with van der Waals surface area (Å²) in [6.07, 6.45) is 7.11. The lowest BCUT2D eigenvalue weighted by atomic mass is 10.2. The highest BCUT2D eigenvalue weighted by Gasteiger charge is 2.07. The molecule has 0 saturated heterocycles. The summed E-state index contributed by atoms with van der Waals surface area (Å²) in [6.45, 7) is 0. The summed E-state index contributed by atoms with van der Waals surface area (Å²) in [4.78, 5) is 8.40. The molecule has 0 fully saturated rings. The van der Waals surface area contributed by atoms with Crippen LogP contribution in [0.1, 0.15) is 0 Å². The average Bonchev–Trinajstić information content (AvgIpc) is 2.76. The molecule has 3 aromatic rings. The zero-order valence-electron chi connectivity index (χ0n) is 8.64. The molecular weight excluding hydrogens is 257 g/mol. The van der Waals surface area contributed by atoms with Crippen LogP contribution in [0, 0.1) is 0 Å². The minimum atomic E-state index is 0.523. The van der Waals surface area contributed by atoms with Crippen LogP contribution in [0.2, 0.25) is 10.0 Å². The van der Waals surface area contributed by atoms with Crippen molar-refractivity contribution in [3.63, 3.8) is 0 Å². The van der Waals surface area contributed by atoms with Gasteiger partial charge >= 0.3 is 0 Å². The summed E-state index contributed by atoms with van der Waals surface area (Å²) in [5.74, 6) is 0.820. The minimum absolute atomic E-state index is 0.523.